The van der Waals surface area contributed by atoms with Crippen molar-refractivity contribution < 1.29 is 9.59 Å². The summed E-state index contributed by atoms with van der Waals surface area (Å²) in [5, 5.41) is 2.54. The van der Waals surface area contributed by atoms with E-state index in [1.165, 1.54) is 0 Å². The second-order valence-electron chi connectivity index (χ2n) is 2.88. The van der Waals surface area contributed by atoms with E-state index in [0.717, 1.165) is 0 Å². The molecule has 3 heteroatoms. The van der Waals surface area contributed by atoms with Gasteiger partial charge in [-0.05, 0) is 5.92 Å². The van der Waals surface area contributed by atoms with Crippen LogP contribution in [0.5, 0.6) is 0 Å². The molecule has 0 saturated carbocycles. The van der Waals surface area contributed by atoms with Crippen LogP contribution in [0.4, 0.5) is 0 Å². The number of hydrogen-bond donors (Lipinski definition) is 1. The summed E-state index contributed by atoms with van der Waals surface area (Å²) in [5.41, 5.74) is 0. The van der Waals surface area contributed by atoms with Crippen molar-refractivity contribution in [2.24, 2.45) is 5.92 Å². The molecule has 0 aromatic carbocycles. The summed E-state index contributed by atoms with van der Waals surface area (Å²) < 4.78 is 0. The molecule has 0 rings (SSSR count). The molecule has 64 valence electrons. The Hall–Kier alpha value is -0.860. The number of nitrogens with one attached hydrogen (secondary N) is 1. The lowest BCUT2D eigenvalue weighted by atomic mass is 10.2. The van der Waals surface area contributed by atoms with Crippen molar-refractivity contribution >= 4 is 11.7 Å². The Labute approximate surface area is 67.2 Å². The van der Waals surface area contributed by atoms with E-state index in [0.29, 0.717) is 12.5 Å². The highest BCUT2D eigenvalue weighted by atomic mass is 16.2. The van der Waals surface area contributed by atoms with Crippen LogP contribution in [0.1, 0.15) is 27.2 Å². The number of ketones is 1. The normalized spacial score (nSPS) is 9.82. The predicted molar refractivity (Wildman–Crippen MR) is 43.1 cm³/mol. The van der Waals surface area contributed by atoms with Gasteiger partial charge in [-0.2, -0.15) is 0 Å². The molecule has 0 unspecified atom stereocenters. The minimum absolute atomic E-state index is 0.282. The molecule has 0 saturated heterocycles. The van der Waals surface area contributed by atoms with Gasteiger partial charge in [0.1, 0.15) is 0 Å². The van der Waals surface area contributed by atoms with Crippen LogP contribution in [0.2, 0.25) is 0 Å². The number of Topliss-reactive ketones (excluding diaryl/α,β-unsaturated/α-hetero) is 1. The summed E-state index contributed by atoms with van der Waals surface area (Å²) in [7, 11) is 0. The smallest absolute Gasteiger partial charge is 0.287 e. The largest absolute Gasteiger partial charge is 0.349 e. The van der Waals surface area contributed by atoms with Crippen LogP contribution >= 0.6 is 0 Å². The minimum Gasteiger partial charge on any atom is -0.349 e. The zero-order valence-corrected chi connectivity index (χ0v) is 7.31. The highest BCUT2D eigenvalue weighted by Crippen LogP contribution is 1.88. The van der Waals surface area contributed by atoms with Crippen LogP contribution in [-0.2, 0) is 9.59 Å². The number of amides is 1. The van der Waals surface area contributed by atoms with E-state index >= 15 is 0 Å². The van der Waals surface area contributed by atoms with Crippen LogP contribution in [0.15, 0.2) is 0 Å². The first-order valence-corrected chi connectivity index (χ1v) is 3.89. The first-order chi connectivity index (χ1) is 5.07. The molecular formula is C8H15NO2. The third-order valence-electron chi connectivity index (χ3n) is 1.25. The van der Waals surface area contributed by atoms with Gasteiger partial charge in [-0.15, -0.1) is 0 Å². The van der Waals surface area contributed by atoms with E-state index in [1.54, 1.807) is 6.92 Å². The van der Waals surface area contributed by atoms with E-state index < -0.39 is 5.91 Å². The van der Waals surface area contributed by atoms with Crippen LogP contribution in [0, 0.1) is 5.92 Å². The molecule has 11 heavy (non-hydrogen) atoms. The van der Waals surface area contributed by atoms with Gasteiger partial charge in [-0.3, -0.25) is 9.59 Å². The van der Waals surface area contributed by atoms with Gasteiger partial charge in [-0.1, -0.05) is 20.8 Å². The molecule has 1 N–H and O–H groups in total. The summed E-state index contributed by atoms with van der Waals surface area (Å²) in [6.07, 6.45) is 0.282. The molecule has 0 spiro atoms. The third-order valence-corrected chi connectivity index (χ3v) is 1.25. The SMILES string of the molecule is CCC(=O)C(=O)NCC(C)C. The summed E-state index contributed by atoms with van der Waals surface area (Å²) >= 11 is 0. The minimum atomic E-state index is -0.457. The monoisotopic (exact) mass is 157 g/mol. The first-order valence-electron chi connectivity index (χ1n) is 3.89. The van der Waals surface area contributed by atoms with Gasteiger partial charge >= 0.3 is 0 Å². The Bertz CT molecular complexity index is 152. The van der Waals surface area contributed by atoms with E-state index in [4.69, 9.17) is 0 Å². The number of carbonyl (C=O) groups is 2. The fourth-order valence-corrected chi connectivity index (χ4v) is 0.556. The van der Waals surface area contributed by atoms with Crippen LogP contribution in [0.25, 0.3) is 0 Å². The van der Waals surface area contributed by atoms with Gasteiger partial charge in [0.05, 0.1) is 0 Å². The van der Waals surface area contributed by atoms with Crippen molar-refractivity contribution in [3.63, 3.8) is 0 Å². The molecule has 1 amide bonds. The summed E-state index contributed by atoms with van der Waals surface area (Å²) in [6, 6.07) is 0. The molecule has 0 aromatic heterocycles. The number of hydrogen-bond acceptors (Lipinski definition) is 2. The van der Waals surface area contributed by atoms with E-state index in [9.17, 15) is 9.59 Å². The average molecular weight is 157 g/mol. The lowest BCUT2D eigenvalue weighted by molar-refractivity contribution is -0.137. The maximum absolute atomic E-state index is 10.8. The Balaban J connectivity index is 3.61. The average Bonchev–Trinajstić information content (AvgIpc) is 1.98. The third kappa shape index (κ3) is 4.53. The Morgan fingerprint density at radius 3 is 2.27 bits per heavy atom. The zero-order chi connectivity index (χ0) is 8.85. The van der Waals surface area contributed by atoms with Crippen LogP contribution in [-0.4, -0.2) is 18.2 Å². The van der Waals surface area contributed by atoms with Crippen molar-refractivity contribution in [3.05, 3.63) is 0 Å². The highest BCUT2D eigenvalue weighted by Gasteiger charge is 2.09. The predicted octanol–water partition coefficient (Wildman–Crippen LogP) is 0.738. The van der Waals surface area contributed by atoms with Gasteiger partial charge in [0.2, 0.25) is 5.78 Å². The fourth-order valence-electron chi connectivity index (χ4n) is 0.556. The summed E-state index contributed by atoms with van der Waals surface area (Å²) in [6.45, 7) is 6.22. The molecule has 0 atom stereocenters. The van der Waals surface area contributed by atoms with Crippen LogP contribution in [0.3, 0.4) is 0 Å². The second kappa shape index (κ2) is 4.88. The van der Waals surface area contributed by atoms with Crippen molar-refractivity contribution in [3.8, 4) is 0 Å². The summed E-state index contributed by atoms with van der Waals surface area (Å²) in [5.74, 6) is -0.407. The topological polar surface area (TPSA) is 46.2 Å². The van der Waals surface area contributed by atoms with Crippen LogP contribution < -0.4 is 5.32 Å². The van der Waals surface area contributed by atoms with Crippen molar-refractivity contribution in [2.75, 3.05) is 6.54 Å². The number of rotatable bonds is 4. The quantitative estimate of drug-likeness (QED) is 0.612. The van der Waals surface area contributed by atoms with Crippen molar-refractivity contribution in [1.29, 1.82) is 0 Å². The lowest BCUT2D eigenvalue weighted by Gasteiger charge is -2.04. The maximum atomic E-state index is 10.8. The van der Waals surface area contributed by atoms with Gasteiger partial charge in [-0.25, -0.2) is 0 Å². The van der Waals surface area contributed by atoms with Crippen molar-refractivity contribution in [1.82, 2.24) is 5.32 Å². The fraction of sp³-hybridized carbons (Fsp3) is 0.750. The molecular weight excluding hydrogens is 142 g/mol. The van der Waals surface area contributed by atoms with Gasteiger partial charge in [0, 0.05) is 13.0 Å². The van der Waals surface area contributed by atoms with E-state index in [-0.39, 0.29) is 12.2 Å². The molecule has 0 radical (unpaired) electrons. The van der Waals surface area contributed by atoms with Gasteiger partial charge < -0.3 is 5.32 Å². The molecule has 0 heterocycles. The van der Waals surface area contributed by atoms with E-state index in [2.05, 4.69) is 5.32 Å². The highest BCUT2D eigenvalue weighted by molar-refractivity contribution is 6.36. The Morgan fingerprint density at radius 2 is 1.91 bits per heavy atom. The maximum Gasteiger partial charge on any atom is 0.287 e. The molecule has 0 bridgehead atoms. The standard InChI is InChI=1S/C8H15NO2/c1-4-7(10)8(11)9-5-6(2)3/h6H,4-5H2,1-3H3,(H,9,11). The molecule has 0 aliphatic heterocycles. The molecule has 0 aromatic rings. The molecule has 0 aliphatic rings. The molecule has 0 aliphatic carbocycles. The summed E-state index contributed by atoms with van der Waals surface area (Å²) in [4.78, 5) is 21.5. The number of carbonyl (C=O) groups excluding carboxylic acids is 2. The Kier molecular flexibility index (Phi) is 4.50. The first kappa shape index (κ1) is 10.1. The van der Waals surface area contributed by atoms with E-state index in [1.807, 2.05) is 13.8 Å². The lowest BCUT2D eigenvalue weighted by Crippen LogP contribution is -2.33. The Morgan fingerprint density at radius 1 is 1.36 bits per heavy atom. The molecule has 3 nitrogen and oxygen atoms in total. The van der Waals surface area contributed by atoms with Crippen molar-refractivity contribution in [2.45, 2.75) is 27.2 Å². The van der Waals surface area contributed by atoms with Gasteiger partial charge in [0.15, 0.2) is 0 Å². The van der Waals surface area contributed by atoms with Gasteiger partial charge in [0.25, 0.3) is 5.91 Å². The molecule has 0 fully saturated rings. The zero-order valence-electron chi connectivity index (χ0n) is 7.31. The second-order valence-corrected chi connectivity index (χ2v) is 2.88.